The molecule has 2 saturated carbocycles. The van der Waals surface area contributed by atoms with Crippen molar-refractivity contribution in [1.29, 1.82) is 0 Å². The molecule has 0 amide bonds. The molecule has 1 aromatic carbocycles. The summed E-state index contributed by atoms with van der Waals surface area (Å²) >= 11 is 0. The quantitative estimate of drug-likeness (QED) is 0.489. The Kier molecular flexibility index (Phi) is 3.60. The van der Waals surface area contributed by atoms with E-state index in [4.69, 9.17) is 4.98 Å². The van der Waals surface area contributed by atoms with Crippen molar-refractivity contribution in [3.8, 4) is 11.3 Å². The van der Waals surface area contributed by atoms with Gasteiger partial charge in [-0.1, -0.05) is 0 Å². The molecule has 146 valence electrons. The number of hydrogen-bond acceptors (Lipinski definition) is 3. The summed E-state index contributed by atoms with van der Waals surface area (Å²) in [4.78, 5) is 13.8. The topological polar surface area (TPSA) is 48.5 Å². The molecule has 2 fully saturated rings. The predicted octanol–water partition coefficient (Wildman–Crippen LogP) is 4.83. The van der Waals surface area contributed by atoms with Gasteiger partial charge < -0.3 is 9.13 Å². The molecule has 5 nitrogen and oxygen atoms in total. The van der Waals surface area contributed by atoms with Crippen LogP contribution in [-0.2, 0) is 6.54 Å². The third-order valence-electron chi connectivity index (χ3n) is 5.78. The molecule has 0 N–H and O–H groups in total. The van der Waals surface area contributed by atoms with E-state index in [1.807, 2.05) is 23.0 Å². The van der Waals surface area contributed by atoms with Crippen LogP contribution < -0.4 is 0 Å². The third kappa shape index (κ3) is 2.92. The average Bonchev–Trinajstić information content (AvgIpc) is 3.65. The van der Waals surface area contributed by atoms with E-state index in [-0.39, 0.29) is 5.56 Å². The Balaban J connectivity index is 1.40. The zero-order valence-electron chi connectivity index (χ0n) is 15.7. The fourth-order valence-electron chi connectivity index (χ4n) is 4.02. The van der Waals surface area contributed by atoms with Gasteiger partial charge in [0.25, 0.3) is 0 Å². The summed E-state index contributed by atoms with van der Waals surface area (Å²) in [6.07, 6.45) is 8.02. The van der Waals surface area contributed by atoms with Crippen LogP contribution in [0.25, 0.3) is 22.4 Å². The number of pyridine rings is 1. The first-order valence-corrected chi connectivity index (χ1v) is 10.0. The minimum absolute atomic E-state index is 0.223. The van der Waals surface area contributed by atoms with Crippen molar-refractivity contribution in [2.45, 2.75) is 44.2 Å². The molecule has 2 aliphatic rings. The van der Waals surface area contributed by atoms with Crippen molar-refractivity contribution in [3.63, 3.8) is 0 Å². The van der Waals surface area contributed by atoms with E-state index in [2.05, 4.69) is 14.5 Å². The Morgan fingerprint density at radius 2 is 1.83 bits per heavy atom. The molecule has 0 saturated heterocycles. The largest absolute Gasteiger partial charge is 0.328 e. The monoisotopic (exact) mass is 391 g/mol. The number of rotatable bonds is 5. The van der Waals surface area contributed by atoms with E-state index in [9.17, 15) is 8.78 Å². The zero-order chi connectivity index (χ0) is 19.5. The number of fused-ring (bicyclic) bond motifs is 1. The lowest BCUT2D eigenvalue weighted by Gasteiger charge is -2.10. The minimum atomic E-state index is -0.460. The van der Waals surface area contributed by atoms with Crippen LogP contribution in [-0.4, -0.2) is 24.1 Å². The van der Waals surface area contributed by atoms with Crippen molar-refractivity contribution >= 4 is 11.2 Å². The van der Waals surface area contributed by atoms with Crippen molar-refractivity contribution in [2.24, 2.45) is 0 Å². The summed E-state index contributed by atoms with van der Waals surface area (Å²) in [7, 11) is 0. The molecule has 0 radical (unpaired) electrons. The molecule has 0 spiro atoms. The van der Waals surface area contributed by atoms with Crippen molar-refractivity contribution in [3.05, 3.63) is 66.0 Å². The van der Waals surface area contributed by atoms with Gasteiger partial charge in [0.15, 0.2) is 5.65 Å². The van der Waals surface area contributed by atoms with Crippen LogP contribution in [0.5, 0.6) is 0 Å². The maximum Gasteiger partial charge on any atom is 0.160 e. The highest BCUT2D eigenvalue weighted by Gasteiger charge is 2.32. The van der Waals surface area contributed by atoms with Gasteiger partial charge in [0.1, 0.15) is 17.2 Å². The fourth-order valence-corrected chi connectivity index (χ4v) is 4.02. The molecule has 6 rings (SSSR count). The van der Waals surface area contributed by atoms with Gasteiger partial charge in [-0.3, -0.25) is 0 Å². The Morgan fingerprint density at radius 3 is 2.62 bits per heavy atom. The maximum absolute atomic E-state index is 14.4. The first kappa shape index (κ1) is 16.8. The highest BCUT2D eigenvalue weighted by molar-refractivity contribution is 5.71. The number of hydrogen-bond donors (Lipinski definition) is 0. The SMILES string of the molecule is Fc1ccc(F)c(-c2ncn(Cc3ccc4ncn(C5CC5)c4n3)c2C2CC2)c1. The van der Waals surface area contributed by atoms with E-state index in [1.165, 1.54) is 18.9 Å². The van der Waals surface area contributed by atoms with Crippen LogP contribution in [0.15, 0.2) is 43.0 Å². The smallest absolute Gasteiger partial charge is 0.160 e. The Hall–Kier alpha value is -3.09. The molecule has 2 aliphatic carbocycles. The molecular formula is C22H19F2N5. The number of benzene rings is 1. The third-order valence-corrected chi connectivity index (χ3v) is 5.78. The maximum atomic E-state index is 14.4. The van der Waals surface area contributed by atoms with E-state index in [1.54, 1.807) is 6.33 Å². The molecule has 0 unspecified atom stereocenters. The van der Waals surface area contributed by atoms with Gasteiger partial charge in [-0.25, -0.2) is 23.7 Å². The summed E-state index contributed by atoms with van der Waals surface area (Å²) in [5.74, 6) is -0.583. The van der Waals surface area contributed by atoms with E-state index in [0.29, 0.717) is 24.2 Å². The van der Waals surface area contributed by atoms with E-state index < -0.39 is 11.6 Å². The standard InChI is InChI=1S/C22H19F2N5/c23-14-3-7-18(24)17(9-14)20-21(13-1-2-13)28(11-26-20)10-15-4-8-19-22(27-15)29(12-25-19)16-5-6-16/h3-4,7-9,11-13,16H,1-2,5-6,10H2. The van der Waals surface area contributed by atoms with Gasteiger partial charge in [0.05, 0.1) is 30.6 Å². The second-order valence-electron chi connectivity index (χ2n) is 8.03. The molecule has 0 atom stereocenters. The van der Waals surface area contributed by atoms with Crippen molar-refractivity contribution in [2.75, 3.05) is 0 Å². The van der Waals surface area contributed by atoms with Crippen LogP contribution in [0.1, 0.15) is 49.0 Å². The van der Waals surface area contributed by atoms with Crippen LogP contribution in [0, 0.1) is 11.6 Å². The van der Waals surface area contributed by atoms with Gasteiger partial charge in [0.2, 0.25) is 0 Å². The van der Waals surface area contributed by atoms with E-state index >= 15 is 0 Å². The van der Waals surface area contributed by atoms with Crippen LogP contribution >= 0.6 is 0 Å². The highest BCUT2D eigenvalue weighted by atomic mass is 19.1. The lowest BCUT2D eigenvalue weighted by molar-refractivity contribution is 0.602. The number of nitrogens with zero attached hydrogens (tertiary/aromatic N) is 5. The minimum Gasteiger partial charge on any atom is -0.328 e. The Morgan fingerprint density at radius 1 is 0.966 bits per heavy atom. The summed E-state index contributed by atoms with van der Waals surface area (Å²) in [5.41, 5.74) is 4.44. The number of aromatic nitrogens is 5. The Labute approximate surface area is 166 Å². The summed E-state index contributed by atoms with van der Waals surface area (Å²) in [5, 5.41) is 0. The number of imidazole rings is 2. The lowest BCUT2D eigenvalue weighted by atomic mass is 10.1. The van der Waals surface area contributed by atoms with Gasteiger partial charge in [-0.15, -0.1) is 0 Å². The van der Waals surface area contributed by atoms with Crippen molar-refractivity contribution < 1.29 is 8.78 Å². The second-order valence-corrected chi connectivity index (χ2v) is 8.03. The predicted molar refractivity (Wildman–Crippen MR) is 104 cm³/mol. The normalized spacial score (nSPS) is 16.6. The van der Waals surface area contributed by atoms with Gasteiger partial charge in [-0.2, -0.15) is 0 Å². The zero-order valence-corrected chi connectivity index (χ0v) is 15.7. The molecule has 3 heterocycles. The molecular weight excluding hydrogens is 372 g/mol. The average molecular weight is 391 g/mol. The number of halogens is 2. The molecule has 29 heavy (non-hydrogen) atoms. The molecule has 3 aromatic heterocycles. The van der Waals surface area contributed by atoms with Gasteiger partial charge >= 0.3 is 0 Å². The molecule has 0 bridgehead atoms. The van der Waals surface area contributed by atoms with Gasteiger partial charge in [0, 0.05) is 23.2 Å². The summed E-state index contributed by atoms with van der Waals surface area (Å²) in [6.45, 7) is 0.543. The summed E-state index contributed by atoms with van der Waals surface area (Å²) < 4.78 is 32.3. The first-order chi connectivity index (χ1) is 14.2. The molecule has 0 aliphatic heterocycles. The summed E-state index contributed by atoms with van der Waals surface area (Å²) in [6, 6.07) is 8.01. The fraction of sp³-hybridized carbons (Fsp3) is 0.318. The molecule has 7 heteroatoms. The van der Waals surface area contributed by atoms with E-state index in [0.717, 1.165) is 47.5 Å². The lowest BCUT2D eigenvalue weighted by Crippen LogP contribution is -2.06. The van der Waals surface area contributed by atoms with Crippen molar-refractivity contribution in [1.82, 2.24) is 24.1 Å². The highest BCUT2D eigenvalue weighted by Crippen LogP contribution is 2.44. The van der Waals surface area contributed by atoms with Crippen LogP contribution in [0.3, 0.4) is 0 Å². The van der Waals surface area contributed by atoms with Gasteiger partial charge in [-0.05, 0) is 56.0 Å². The Bertz CT molecular complexity index is 1230. The van der Waals surface area contributed by atoms with Crippen LogP contribution in [0.2, 0.25) is 0 Å². The molecule has 4 aromatic rings. The first-order valence-electron chi connectivity index (χ1n) is 10.0. The van der Waals surface area contributed by atoms with Crippen LogP contribution in [0.4, 0.5) is 8.78 Å². The second kappa shape index (κ2) is 6.20.